The molecule has 1 amide bonds. The fourth-order valence-electron chi connectivity index (χ4n) is 3.71. The maximum absolute atomic E-state index is 12.9. The van der Waals surface area contributed by atoms with E-state index < -0.39 is 10.0 Å². The van der Waals surface area contributed by atoms with Gasteiger partial charge in [0.1, 0.15) is 0 Å². The summed E-state index contributed by atoms with van der Waals surface area (Å²) in [7, 11) is -3.48. The highest BCUT2D eigenvalue weighted by Crippen LogP contribution is 2.27. The van der Waals surface area contributed by atoms with Gasteiger partial charge >= 0.3 is 0 Å². The zero-order valence-electron chi connectivity index (χ0n) is 14.3. The molecule has 1 atom stereocenters. The second-order valence-corrected chi connectivity index (χ2v) is 8.59. The molecule has 0 aliphatic carbocycles. The molecule has 3 rings (SSSR count). The number of hydrogen-bond acceptors (Lipinski definition) is 3. The molecule has 6 heteroatoms. The first-order valence-corrected chi connectivity index (χ1v) is 10.4. The van der Waals surface area contributed by atoms with E-state index in [2.05, 4.69) is 0 Å². The van der Waals surface area contributed by atoms with Crippen LogP contribution in [0.2, 0.25) is 0 Å². The van der Waals surface area contributed by atoms with Gasteiger partial charge in [-0.2, -0.15) is 4.31 Å². The smallest absolute Gasteiger partial charge is 0.253 e. The molecule has 1 aromatic rings. The molecule has 0 aromatic heterocycles. The van der Waals surface area contributed by atoms with E-state index in [-0.39, 0.29) is 11.9 Å². The fraction of sp³-hybridized carbons (Fsp3) is 0.611. The summed E-state index contributed by atoms with van der Waals surface area (Å²) in [6, 6.07) is 6.56. The van der Waals surface area contributed by atoms with Crippen molar-refractivity contribution >= 4 is 15.9 Å². The van der Waals surface area contributed by atoms with Crippen LogP contribution in [0.3, 0.4) is 0 Å². The van der Waals surface area contributed by atoms with Crippen molar-refractivity contribution in [3.05, 3.63) is 29.8 Å². The fourth-order valence-corrected chi connectivity index (χ4v) is 5.47. The molecule has 24 heavy (non-hydrogen) atoms. The van der Waals surface area contributed by atoms with Crippen LogP contribution >= 0.6 is 0 Å². The summed E-state index contributed by atoms with van der Waals surface area (Å²) in [5, 5.41) is 0. The Bertz CT molecular complexity index is 679. The van der Waals surface area contributed by atoms with Crippen molar-refractivity contribution in [3.63, 3.8) is 0 Å². The standard InChI is InChI=1S/C18H26N2O3S/c1-2-16-7-3-4-14-20(16)24(22,23)17-10-8-15(9-11-17)18(21)19-12-5-6-13-19/h8-11,16H,2-7,12-14H2,1H3/t16-/m0/s1. The van der Waals surface area contributed by atoms with Crippen molar-refractivity contribution < 1.29 is 13.2 Å². The lowest BCUT2D eigenvalue weighted by Gasteiger charge is -2.34. The Hall–Kier alpha value is -1.40. The quantitative estimate of drug-likeness (QED) is 0.839. The molecular weight excluding hydrogens is 324 g/mol. The number of carbonyl (C=O) groups is 1. The Kier molecular flexibility index (Phi) is 5.25. The molecule has 0 spiro atoms. The lowest BCUT2D eigenvalue weighted by molar-refractivity contribution is 0.0792. The Balaban J connectivity index is 1.80. The van der Waals surface area contributed by atoms with E-state index in [1.54, 1.807) is 28.6 Å². The van der Waals surface area contributed by atoms with Crippen LogP contribution in [0.1, 0.15) is 55.8 Å². The molecule has 0 radical (unpaired) electrons. The number of amides is 1. The third-order valence-corrected chi connectivity index (χ3v) is 7.11. The van der Waals surface area contributed by atoms with Crippen molar-refractivity contribution in [2.24, 2.45) is 0 Å². The van der Waals surface area contributed by atoms with Crippen LogP contribution in [0.15, 0.2) is 29.2 Å². The second-order valence-electron chi connectivity index (χ2n) is 6.70. The molecule has 0 bridgehead atoms. The van der Waals surface area contributed by atoms with Crippen molar-refractivity contribution in [2.75, 3.05) is 19.6 Å². The molecule has 132 valence electrons. The van der Waals surface area contributed by atoms with Crippen LogP contribution in [-0.4, -0.2) is 49.2 Å². The van der Waals surface area contributed by atoms with E-state index in [1.807, 2.05) is 11.8 Å². The van der Waals surface area contributed by atoms with Gasteiger partial charge in [0.25, 0.3) is 5.91 Å². The largest absolute Gasteiger partial charge is 0.339 e. The predicted octanol–water partition coefficient (Wildman–Crippen LogP) is 2.88. The number of sulfonamides is 1. The first-order chi connectivity index (χ1) is 11.5. The molecule has 2 fully saturated rings. The first-order valence-electron chi connectivity index (χ1n) is 8.95. The summed E-state index contributed by atoms with van der Waals surface area (Å²) in [6.07, 6.45) is 5.87. The van der Waals surface area contributed by atoms with Crippen molar-refractivity contribution in [1.29, 1.82) is 0 Å². The van der Waals surface area contributed by atoms with Gasteiger partial charge in [-0.15, -0.1) is 0 Å². The van der Waals surface area contributed by atoms with Gasteiger partial charge in [-0.05, 0) is 56.4 Å². The molecule has 1 aromatic carbocycles. The van der Waals surface area contributed by atoms with Gasteiger partial charge in [0.05, 0.1) is 4.90 Å². The number of rotatable bonds is 4. The molecule has 2 aliphatic rings. The number of piperidine rings is 1. The molecule has 2 aliphatic heterocycles. The van der Waals surface area contributed by atoms with Crippen LogP contribution in [-0.2, 0) is 10.0 Å². The van der Waals surface area contributed by atoms with E-state index in [0.717, 1.165) is 51.6 Å². The second kappa shape index (κ2) is 7.23. The highest BCUT2D eigenvalue weighted by Gasteiger charge is 2.32. The van der Waals surface area contributed by atoms with Crippen molar-refractivity contribution in [2.45, 2.75) is 56.4 Å². The summed E-state index contributed by atoms with van der Waals surface area (Å²) in [6.45, 7) is 4.22. The zero-order valence-corrected chi connectivity index (χ0v) is 15.1. The van der Waals surface area contributed by atoms with Crippen LogP contribution in [0.4, 0.5) is 0 Å². The minimum absolute atomic E-state index is 0.000792. The summed E-state index contributed by atoms with van der Waals surface area (Å²) in [5.41, 5.74) is 0.571. The van der Waals surface area contributed by atoms with E-state index >= 15 is 0 Å². The minimum atomic E-state index is -3.48. The van der Waals surface area contributed by atoms with Gasteiger partial charge in [-0.1, -0.05) is 13.3 Å². The zero-order chi connectivity index (χ0) is 17.2. The molecule has 0 unspecified atom stereocenters. The third-order valence-electron chi connectivity index (χ3n) is 5.15. The molecular formula is C18H26N2O3S. The topological polar surface area (TPSA) is 57.7 Å². The highest BCUT2D eigenvalue weighted by molar-refractivity contribution is 7.89. The van der Waals surface area contributed by atoms with Gasteiger partial charge in [0.2, 0.25) is 10.0 Å². The number of hydrogen-bond donors (Lipinski definition) is 0. The predicted molar refractivity (Wildman–Crippen MR) is 93.4 cm³/mol. The lowest BCUT2D eigenvalue weighted by atomic mass is 10.0. The molecule has 5 nitrogen and oxygen atoms in total. The number of likely N-dealkylation sites (tertiary alicyclic amines) is 1. The van der Waals surface area contributed by atoms with E-state index in [9.17, 15) is 13.2 Å². The van der Waals surface area contributed by atoms with Crippen LogP contribution in [0.25, 0.3) is 0 Å². The summed E-state index contributed by atoms with van der Waals surface area (Å²) in [4.78, 5) is 14.5. The Labute approximate surface area is 144 Å². The molecule has 2 saturated heterocycles. The average Bonchev–Trinajstić information content (AvgIpc) is 3.15. The maximum Gasteiger partial charge on any atom is 0.253 e. The van der Waals surface area contributed by atoms with Gasteiger partial charge < -0.3 is 4.90 Å². The van der Waals surface area contributed by atoms with Gasteiger partial charge in [0.15, 0.2) is 0 Å². The Morgan fingerprint density at radius 1 is 1.04 bits per heavy atom. The van der Waals surface area contributed by atoms with E-state index in [4.69, 9.17) is 0 Å². The van der Waals surface area contributed by atoms with Crippen LogP contribution < -0.4 is 0 Å². The van der Waals surface area contributed by atoms with Crippen molar-refractivity contribution in [3.8, 4) is 0 Å². The average molecular weight is 350 g/mol. The molecule has 0 N–H and O–H groups in total. The maximum atomic E-state index is 12.9. The van der Waals surface area contributed by atoms with E-state index in [0.29, 0.717) is 17.0 Å². The van der Waals surface area contributed by atoms with Gasteiger partial charge in [0, 0.05) is 31.2 Å². The van der Waals surface area contributed by atoms with Gasteiger partial charge in [-0.25, -0.2) is 8.42 Å². The Morgan fingerprint density at radius 3 is 2.29 bits per heavy atom. The summed E-state index contributed by atoms with van der Waals surface area (Å²) >= 11 is 0. The number of benzene rings is 1. The van der Waals surface area contributed by atoms with Crippen LogP contribution in [0.5, 0.6) is 0 Å². The minimum Gasteiger partial charge on any atom is -0.339 e. The normalized spacial score (nSPS) is 22.7. The number of nitrogens with zero attached hydrogens (tertiary/aromatic N) is 2. The van der Waals surface area contributed by atoms with Crippen LogP contribution in [0, 0.1) is 0 Å². The van der Waals surface area contributed by atoms with E-state index in [1.165, 1.54) is 0 Å². The lowest BCUT2D eigenvalue weighted by Crippen LogP contribution is -2.43. The summed E-state index contributed by atoms with van der Waals surface area (Å²) < 4.78 is 27.5. The first kappa shape index (κ1) is 17.4. The third kappa shape index (κ3) is 3.35. The Morgan fingerprint density at radius 2 is 1.67 bits per heavy atom. The molecule has 0 saturated carbocycles. The van der Waals surface area contributed by atoms with Crippen molar-refractivity contribution in [1.82, 2.24) is 9.21 Å². The monoisotopic (exact) mass is 350 g/mol. The van der Waals surface area contributed by atoms with Gasteiger partial charge in [-0.3, -0.25) is 4.79 Å². The summed E-state index contributed by atoms with van der Waals surface area (Å²) in [5.74, 6) is 0.000792. The number of carbonyl (C=O) groups excluding carboxylic acids is 1. The highest BCUT2D eigenvalue weighted by atomic mass is 32.2. The molecule has 2 heterocycles. The SMILES string of the molecule is CC[C@H]1CCCCN1S(=O)(=O)c1ccc(C(=O)N2CCCC2)cc1.